The van der Waals surface area contributed by atoms with Gasteiger partial charge in [-0.15, -0.1) is 11.3 Å². The molecule has 0 aliphatic heterocycles. The van der Waals surface area contributed by atoms with E-state index in [0.29, 0.717) is 27.6 Å². The number of thiophene rings is 1. The summed E-state index contributed by atoms with van der Waals surface area (Å²) in [5.74, 6) is 0.0351. The molecular weight excluding hydrogens is 392 g/mol. The van der Waals surface area contributed by atoms with Crippen molar-refractivity contribution in [1.82, 2.24) is 0 Å². The molecule has 0 radical (unpaired) electrons. The lowest BCUT2D eigenvalue weighted by atomic mass is 10.1. The van der Waals surface area contributed by atoms with E-state index in [1.54, 1.807) is 25.3 Å². The molecule has 7 nitrogen and oxygen atoms in total. The van der Waals surface area contributed by atoms with Crippen molar-refractivity contribution in [2.24, 2.45) is 0 Å². The van der Waals surface area contributed by atoms with E-state index in [9.17, 15) is 14.9 Å². The first kappa shape index (κ1) is 20.4. The molecule has 1 aromatic carbocycles. The number of carbonyl (C=O) groups is 2. The number of nitrogens with zero attached hydrogens (tertiary/aromatic N) is 1. The molecule has 3 rings (SSSR count). The fourth-order valence-electron chi connectivity index (χ4n) is 3.07. The first-order valence-corrected chi connectivity index (χ1v) is 9.78. The highest BCUT2D eigenvalue weighted by Crippen LogP contribution is 2.38. The number of hydrogen-bond acceptors (Lipinski definition) is 7. The number of nitriles is 1. The number of ether oxygens (including phenoxy) is 3. The Morgan fingerprint density at radius 3 is 2.83 bits per heavy atom. The van der Waals surface area contributed by atoms with Crippen molar-refractivity contribution in [3.8, 4) is 17.6 Å². The van der Waals surface area contributed by atoms with Gasteiger partial charge >= 0.3 is 5.97 Å². The summed E-state index contributed by atoms with van der Waals surface area (Å²) in [5.41, 5.74) is 2.22. The zero-order valence-corrected chi connectivity index (χ0v) is 16.9. The highest BCUT2D eigenvalue weighted by atomic mass is 32.1. The molecular formula is C21H20N2O5S. The third-order valence-electron chi connectivity index (χ3n) is 4.47. The summed E-state index contributed by atoms with van der Waals surface area (Å²) in [6.45, 7) is -0.434. The Morgan fingerprint density at radius 1 is 1.28 bits per heavy atom. The third kappa shape index (κ3) is 4.76. The molecule has 0 bridgehead atoms. The van der Waals surface area contributed by atoms with Gasteiger partial charge in [-0.3, -0.25) is 4.79 Å². The summed E-state index contributed by atoms with van der Waals surface area (Å²) in [5, 5.41) is 12.5. The summed E-state index contributed by atoms with van der Waals surface area (Å²) in [4.78, 5) is 25.2. The number of fused-ring (bicyclic) bond motifs is 1. The molecule has 1 N–H and O–H groups in total. The minimum Gasteiger partial charge on any atom is -0.497 e. The fourth-order valence-corrected chi connectivity index (χ4v) is 4.33. The summed E-state index contributed by atoms with van der Waals surface area (Å²) in [6, 6.07) is 7.34. The largest absolute Gasteiger partial charge is 0.497 e. The Morgan fingerprint density at radius 2 is 2.10 bits per heavy atom. The van der Waals surface area contributed by atoms with Gasteiger partial charge in [0.15, 0.2) is 6.61 Å². The first-order chi connectivity index (χ1) is 14.0. The van der Waals surface area contributed by atoms with Crippen molar-refractivity contribution >= 4 is 34.3 Å². The van der Waals surface area contributed by atoms with Crippen LogP contribution in [0, 0.1) is 11.3 Å². The smallest absolute Gasteiger partial charge is 0.331 e. The Labute approximate surface area is 172 Å². The predicted molar refractivity (Wildman–Crippen MR) is 109 cm³/mol. The Kier molecular flexibility index (Phi) is 6.52. The van der Waals surface area contributed by atoms with Gasteiger partial charge in [0.2, 0.25) is 0 Å². The molecule has 1 aliphatic carbocycles. The summed E-state index contributed by atoms with van der Waals surface area (Å²) in [7, 11) is 3.07. The van der Waals surface area contributed by atoms with Crippen LogP contribution >= 0.6 is 11.3 Å². The number of rotatable bonds is 7. The molecule has 1 aliphatic rings. The number of anilines is 1. The van der Waals surface area contributed by atoms with Crippen LogP contribution in [0.2, 0.25) is 0 Å². The van der Waals surface area contributed by atoms with Gasteiger partial charge in [-0.1, -0.05) is 0 Å². The normalized spacial score (nSPS) is 12.3. The molecule has 1 amide bonds. The number of hydrogen-bond donors (Lipinski definition) is 1. The number of amides is 1. The molecule has 29 heavy (non-hydrogen) atoms. The summed E-state index contributed by atoms with van der Waals surface area (Å²) in [6.07, 6.45) is 5.58. The number of aryl methyl sites for hydroxylation is 1. The van der Waals surface area contributed by atoms with Crippen LogP contribution in [0.4, 0.5) is 5.00 Å². The van der Waals surface area contributed by atoms with Gasteiger partial charge in [-0.2, -0.15) is 5.26 Å². The van der Waals surface area contributed by atoms with E-state index in [2.05, 4.69) is 11.4 Å². The quantitative estimate of drug-likeness (QED) is 0.553. The van der Waals surface area contributed by atoms with Crippen molar-refractivity contribution < 1.29 is 23.8 Å². The summed E-state index contributed by atoms with van der Waals surface area (Å²) < 4.78 is 15.4. The molecule has 0 atom stereocenters. The minimum absolute atomic E-state index is 0.434. The fraction of sp³-hybridized carbons (Fsp3) is 0.286. The lowest BCUT2D eigenvalue weighted by Crippen LogP contribution is -2.20. The van der Waals surface area contributed by atoms with Gasteiger partial charge < -0.3 is 19.5 Å². The van der Waals surface area contributed by atoms with Crippen LogP contribution < -0.4 is 14.8 Å². The van der Waals surface area contributed by atoms with Crippen LogP contribution in [0.1, 0.15) is 28.0 Å². The highest BCUT2D eigenvalue weighted by molar-refractivity contribution is 7.16. The highest BCUT2D eigenvalue weighted by Gasteiger charge is 2.23. The molecule has 0 unspecified atom stereocenters. The van der Waals surface area contributed by atoms with Crippen molar-refractivity contribution in [2.45, 2.75) is 19.3 Å². The molecule has 0 saturated carbocycles. The van der Waals surface area contributed by atoms with Gasteiger partial charge in [-0.25, -0.2) is 4.79 Å². The second-order valence-electron chi connectivity index (χ2n) is 6.27. The predicted octanol–water partition coefficient (Wildman–Crippen LogP) is 3.32. The zero-order valence-electron chi connectivity index (χ0n) is 16.1. The van der Waals surface area contributed by atoms with Crippen LogP contribution in [-0.4, -0.2) is 32.7 Å². The van der Waals surface area contributed by atoms with Gasteiger partial charge in [0.1, 0.15) is 22.6 Å². The van der Waals surface area contributed by atoms with E-state index >= 15 is 0 Å². The molecule has 1 aromatic heterocycles. The van der Waals surface area contributed by atoms with Gasteiger partial charge in [0, 0.05) is 22.6 Å². The number of methoxy groups -OCH3 is 2. The van der Waals surface area contributed by atoms with Crippen LogP contribution in [0.15, 0.2) is 24.3 Å². The molecule has 1 heterocycles. The van der Waals surface area contributed by atoms with Crippen LogP contribution in [0.3, 0.4) is 0 Å². The van der Waals surface area contributed by atoms with E-state index in [-0.39, 0.29) is 0 Å². The van der Waals surface area contributed by atoms with Gasteiger partial charge in [0.25, 0.3) is 5.91 Å². The number of carbonyl (C=O) groups excluding carboxylic acids is 2. The van der Waals surface area contributed by atoms with E-state index in [0.717, 1.165) is 29.7 Å². The van der Waals surface area contributed by atoms with E-state index in [1.165, 1.54) is 30.6 Å². The maximum absolute atomic E-state index is 12.1. The number of nitrogens with one attached hydrogen (secondary N) is 1. The van der Waals surface area contributed by atoms with E-state index < -0.39 is 18.5 Å². The van der Waals surface area contributed by atoms with Crippen molar-refractivity contribution in [1.29, 1.82) is 5.26 Å². The molecule has 150 valence electrons. The maximum Gasteiger partial charge on any atom is 0.331 e. The van der Waals surface area contributed by atoms with Crippen molar-refractivity contribution in [2.75, 3.05) is 26.1 Å². The van der Waals surface area contributed by atoms with Crippen LogP contribution in [-0.2, 0) is 27.2 Å². The average Bonchev–Trinajstić information content (AvgIpc) is 3.31. The molecule has 0 fully saturated rings. The Balaban J connectivity index is 1.55. The standard InChI is InChI=1S/C21H20N2O5S/c1-26-14-8-6-13(17(10-14)27-2)7-9-20(25)28-12-19(24)23-21-16(11-22)15-4-3-5-18(15)29-21/h6-10H,3-5,12H2,1-2H3,(H,23,24). The maximum atomic E-state index is 12.1. The lowest BCUT2D eigenvalue weighted by molar-refractivity contribution is -0.142. The second kappa shape index (κ2) is 9.26. The summed E-state index contributed by atoms with van der Waals surface area (Å²) >= 11 is 1.42. The molecule has 8 heteroatoms. The third-order valence-corrected chi connectivity index (χ3v) is 5.68. The monoisotopic (exact) mass is 412 g/mol. The second-order valence-corrected chi connectivity index (χ2v) is 7.38. The van der Waals surface area contributed by atoms with Crippen LogP contribution in [0.5, 0.6) is 11.5 Å². The zero-order chi connectivity index (χ0) is 20.8. The Hall–Kier alpha value is -3.31. The van der Waals surface area contributed by atoms with E-state index in [4.69, 9.17) is 14.2 Å². The van der Waals surface area contributed by atoms with Gasteiger partial charge in [0.05, 0.1) is 19.8 Å². The van der Waals surface area contributed by atoms with Crippen LogP contribution in [0.25, 0.3) is 6.08 Å². The van der Waals surface area contributed by atoms with E-state index in [1.807, 2.05) is 0 Å². The average molecular weight is 412 g/mol. The number of esters is 1. The van der Waals surface area contributed by atoms with Gasteiger partial charge in [-0.05, 0) is 43.0 Å². The lowest BCUT2D eigenvalue weighted by Gasteiger charge is -2.07. The van der Waals surface area contributed by atoms with Crippen molar-refractivity contribution in [3.05, 3.63) is 45.8 Å². The molecule has 0 saturated heterocycles. The Bertz CT molecular complexity index is 1000. The minimum atomic E-state index is -0.660. The first-order valence-electron chi connectivity index (χ1n) is 8.97. The number of benzene rings is 1. The SMILES string of the molecule is COc1ccc(C=CC(=O)OCC(=O)Nc2sc3c(c2C#N)CCC3)c(OC)c1. The topological polar surface area (TPSA) is 97.6 Å². The molecule has 0 spiro atoms. The molecule has 2 aromatic rings. The van der Waals surface area contributed by atoms with Crippen molar-refractivity contribution in [3.63, 3.8) is 0 Å².